The molecule has 0 heterocycles. The van der Waals surface area contributed by atoms with Gasteiger partial charge in [0.25, 0.3) is 0 Å². The van der Waals surface area contributed by atoms with Gasteiger partial charge in [0.05, 0.1) is 5.25 Å². The van der Waals surface area contributed by atoms with Crippen molar-refractivity contribution in [2.75, 3.05) is 5.75 Å². The number of benzene rings is 1. The largest absolute Gasteiger partial charge is 0.299 e. The summed E-state index contributed by atoms with van der Waals surface area (Å²) in [6.45, 7) is 6.19. The van der Waals surface area contributed by atoms with Crippen molar-refractivity contribution in [1.29, 1.82) is 0 Å². The average Bonchev–Trinajstić information content (AvgIpc) is 2.80. The number of carbonyl (C=O) groups excluding carboxylic acids is 1. The van der Waals surface area contributed by atoms with E-state index in [1.165, 1.54) is 40.7 Å². The molecule has 0 saturated heterocycles. The van der Waals surface area contributed by atoms with Gasteiger partial charge in [0.1, 0.15) is 5.78 Å². The molecule has 3 rings (SSSR count). The van der Waals surface area contributed by atoms with E-state index in [2.05, 4.69) is 68.5 Å². The van der Waals surface area contributed by atoms with Crippen molar-refractivity contribution >= 4 is 28.7 Å². The standard InChI is InChI=1S/C25H30OS/c1-4-5-6-15-25(19(3)26)27-17-21-16-20-11-7-8-12-22(20)18(2)23-13-9-10-14-24(21)23/h7-14,16,20,25H,4-6,15,17H2,1-3H3/t20-,25?/m0/s1. The van der Waals surface area contributed by atoms with Gasteiger partial charge in [-0.15, -0.1) is 11.8 Å². The Balaban J connectivity index is 1.85. The Morgan fingerprint density at radius 2 is 1.93 bits per heavy atom. The Hall–Kier alpha value is -1.80. The van der Waals surface area contributed by atoms with Crippen molar-refractivity contribution in [3.63, 3.8) is 0 Å². The summed E-state index contributed by atoms with van der Waals surface area (Å²) < 4.78 is 0. The first kappa shape index (κ1) is 19.9. The minimum Gasteiger partial charge on any atom is -0.299 e. The first-order valence-corrected chi connectivity index (χ1v) is 11.1. The van der Waals surface area contributed by atoms with Crippen molar-refractivity contribution in [2.24, 2.45) is 5.92 Å². The minimum absolute atomic E-state index is 0.114. The molecule has 0 saturated carbocycles. The first-order chi connectivity index (χ1) is 13.1. The number of ketones is 1. The maximum atomic E-state index is 12.1. The molecule has 2 heteroatoms. The molecule has 0 fully saturated rings. The van der Waals surface area contributed by atoms with Gasteiger partial charge in [-0.25, -0.2) is 0 Å². The highest BCUT2D eigenvalue weighted by atomic mass is 32.2. The van der Waals surface area contributed by atoms with Gasteiger partial charge in [0.15, 0.2) is 0 Å². The number of allylic oxidation sites excluding steroid dienone is 7. The third kappa shape index (κ3) is 4.73. The van der Waals surface area contributed by atoms with Crippen LogP contribution >= 0.6 is 11.8 Å². The van der Waals surface area contributed by atoms with Gasteiger partial charge in [-0.1, -0.05) is 80.8 Å². The van der Waals surface area contributed by atoms with Gasteiger partial charge in [0, 0.05) is 11.7 Å². The second kappa shape index (κ2) is 9.41. The fourth-order valence-corrected chi connectivity index (χ4v) is 5.13. The van der Waals surface area contributed by atoms with Crippen LogP contribution in [0.2, 0.25) is 0 Å². The van der Waals surface area contributed by atoms with Crippen LogP contribution in [-0.4, -0.2) is 16.8 Å². The predicted molar refractivity (Wildman–Crippen MR) is 120 cm³/mol. The molecule has 0 aromatic heterocycles. The van der Waals surface area contributed by atoms with Gasteiger partial charge >= 0.3 is 0 Å². The minimum atomic E-state index is 0.114. The molecule has 142 valence electrons. The van der Waals surface area contributed by atoms with Crippen molar-refractivity contribution < 1.29 is 4.79 Å². The lowest BCUT2D eigenvalue weighted by molar-refractivity contribution is -0.116. The maximum Gasteiger partial charge on any atom is 0.142 e. The molecule has 1 aromatic carbocycles. The number of Topliss-reactive ketones (excluding diaryl/α,β-unsaturated/α-hetero) is 1. The fourth-order valence-electron chi connectivity index (χ4n) is 3.93. The highest BCUT2D eigenvalue weighted by Gasteiger charge is 2.22. The smallest absolute Gasteiger partial charge is 0.142 e. The average molecular weight is 379 g/mol. The quantitative estimate of drug-likeness (QED) is 0.459. The van der Waals surface area contributed by atoms with Crippen molar-refractivity contribution in [3.8, 4) is 0 Å². The molecule has 2 aliphatic carbocycles. The topological polar surface area (TPSA) is 17.1 Å². The highest BCUT2D eigenvalue weighted by molar-refractivity contribution is 8.01. The Kier molecular flexibility index (Phi) is 6.95. The lowest BCUT2D eigenvalue weighted by Crippen LogP contribution is -2.14. The molecule has 0 N–H and O–H groups in total. The molecule has 0 radical (unpaired) electrons. The fraction of sp³-hybridized carbons (Fsp3) is 0.400. The van der Waals surface area contributed by atoms with Crippen molar-refractivity contribution in [3.05, 3.63) is 71.3 Å². The molecule has 1 unspecified atom stereocenters. The van der Waals surface area contributed by atoms with E-state index in [1.807, 2.05) is 11.8 Å². The van der Waals surface area contributed by atoms with E-state index < -0.39 is 0 Å². The van der Waals surface area contributed by atoms with Gasteiger partial charge in [-0.3, -0.25) is 4.79 Å². The Labute approximate surface area is 168 Å². The van der Waals surface area contributed by atoms with Crippen LogP contribution in [0.3, 0.4) is 0 Å². The number of fused-ring (bicyclic) bond motifs is 2. The number of unbranched alkanes of at least 4 members (excludes halogenated alkanes) is 2. The summed E-state index contributed by atoms with van der Waals surface area (Å²) in [6, 6.07) is 8.71. The third-order valence-electron chi connectivity index (χ3n) is 5.52. The lowest BCUT2D eigenvalue weighted by atomic mass is 9.89. The van der Waals surface area contributed by atoms with E-state index in [4.69, 9.17) is 0 Å². The van der Waals surface area contributed by atoms with Crippen LogP contribution in [0, 0.1) is 5.92 Å². The van der Waals surface area contributed by atoms with Crippen LogP contribution in [0.4, 0.5) is 0 Å². The number of thioether (sulfide) groups is 1. The van der Waals surface area contributed by atoms with Gasteiger partial charge in [-0.2, -0.15) is 0 Å². The SMILES string of the molecule is CCCCCC(SCC1=C[C@@H]2C=CC=CC2=C(C)c2ccccc21)C(C)=O. The first-order valence-electron chi connectivity index (χ1n) is 10.1. The number of carbonyl (C=O) groups is 1. The molecule has 1 aromatic rings. The number of rotatable bonds is 8. The molecule has 0 spiro atoms. The summed E-state index contributed by atoms with van der Waals surface area (Å²) in [7, 11) is 0. The number of hydrogen-bond donors (Lipinski definition) is 0. The third-order valence-corrected chi connectivity index (χ3v) is 6.97. The summed E-state index contributed by atoms with van der Waals surface area (Å²) >= 11 is 1.82. The van der Waals surface area contributed by atoms with Crippen molar-refractivity contribution in [2.45, 2.75) is 51.7 Å². The normalized spacial score (nSPS) is 19.2. The van der Waals surface area contributed by atoms with Crippen molar-refractivity contribution in [1.82, 2.24) is 0 Å². The maximum absolute atomic E-state index is 12.1. The van der Waals surface area contributed by atoms with E-state index in [1.54, 1.807) is 6.92 Å². The van der Waals surface area contributed by atoms with Gasteiger partial charge in [-0.05, 0) is 48.1 Å². The second-order valence-corrected chi connectivity index (χ2v) is 8.68. The van der Waals surface area contributed by atoms with E-state index in [9.17, 15) is 4.79 Å². The Morgan fingerprint density at radius 3 is 2.67 bits per heavy atom. The van der Waals surface area contributed by atoms with E-state index in [0.717, 1.165) is 18.6 Å². The highest BCUT2D eigenvalue weighted by Crippen LogP contribution is 2.39. The molecule has 0 amide bonds. The Morgan fingerprint density at radius 1 is 1.15 bits per heavy atom. The second-order valence-electron chi connectivity index (χ2n) is 7.49. The van der Waals surface area contributed by atoms with Crippen LogP contribution in [0.5, 0.6) is 0 Å². The number of hydrogen-bond acceptors (Lipinski definition) is 2. The zero-order chi connectivity index (χ0) is 19.2. The van der Waals surface area contributed by atoms with Crippen LogP contribution in [0.15, 0.2) is 60.2 Å². The molecule has 0 aliphatic heterocycles. The van der Waals surface area contributed by atoms with Crippen LogP contribution in [0.25, 0.3) is 11.1 Å². The molecule has 1 nitrogen and oxygen atoms in total. The summed E-state index contributed by atoms with van der Waals surface area (Å²) in [5.41, 5.74) is 6.75. The molecule has 27 heavy (non-hydrogen) atoms. The van der Waals surface area contributed by atoms with E-state index in [-0.39, 0.29) is 5.25 Å². The summed E-state index contributed by atoms with van der Waals surface area (Å²) in [5.74, 6) is 1.53. The molecule has 2 aliphatic rings. The summed E-state index contributed by atoms with van der Waals surface area (Å²) in [4.78, 5) is 12.1. The lowest BCUT2D eigenvalue weighted by Gasteiger charge is -2.17. The predicted octanol–water partition coefficient (Wildman–Crippen LogP) is 6.87. The monoisotopic (exact) mass is 378 g/mol. The van der Waals surface area contributed by atoms with Crippen LogP contribution < -0.4 is 0 Å². The van der Waals surface area contributed by atoms with Crippen LogP contribution in [-0.2, 0) is 4.79 Å². The Bertz CT molecular complexity index is 809. The van der Waals surface area contributed by atoms with Gasteiger partial charge < -0.3 is 0 Å². The van der Waals surface area contributed by atoms with E-state index >= 15 is 0 Å². The van der Waals surface area contributed by atoms with Gasteiger partial charge in [0.2, 0.25) is 0 Å². The molecule has 0 bridgehead atoms. The summed E-state index contributed by atoms with van der Waals surface area (Å²) in [5, 5.41) is 0.114. The molecular formula is C25H30OS. The zero-order valence-corrected chi connectivity index (χ0v) is 17.5. The zero-order valence-electron chi connectivity index (χ0n) is 16.7. The van der Waals surface area contributed by atoms with Crippen LogP contribution in [0.1, 0.15) is 57.6 Å². The molecule has 2 atom stereocenters. The molecular weight excluding hydrogens is 348 g/mol. The van der Waals surface area contributed by atoms with E-state index in [0.29, 0.717) is 11.7 Å². The summed E-state index contributed by atoms with van der Waals surface area (Å²) in [6.07, 6.45) is 15.7.